The molecule has 0 radical (unpaired) electrons. The molecule has 1 atom stereocenters. The Kier molecular flexibility index (Phi) is 4.24. The Morgan fingerprint density at radius 1 is 1.57 bits per heavy atom. The number of rotatable bonds is 1. The van der Waals surface area contributed by atoms with Crippen molar-refractivity contribution in [1.29, 1.82) is 0 Å². The predicted molar refractivity (Wildman–Crippen MR) is 50.4 cm³/mol. The molecule has 0 heterocycles. The van der Waals surface area contributed by atoms with Crippen LogP contribution in [-0.2, 0) is 14.9 Å². The number of hydrogen-bond acceptors (Lipinski definition) is 4. The van der Waals surface area contributed by atoms with E-state index in [0.29, 0.717) is 12.7 Å². The molecule has 7 heteroatoms. The average molecular weight is 223 g/mol. The highest BCUT2D eigenvalue weighted by Gasteiger charge is 2.32. The maximum absolute atomic E-state index is 10.3. The van der Waals surface area contributed by atoms with Gasteiger partial charge < -0.3 is 10.8 Å². The molecule has 0 aromatic carbocycles. The summed E-state index contributed by atoms with van der Waals surface area (Å²) >= 11 is 0. The van der Waals surface area contributed by atoms with Gasteiger partial charge in [-0.15, -0.1) is 0 Å². The topological polar surface area (TPSA) is 118 Å². The Morgan fingerprint density at radius 2 is 2.00 bits per heavy atom. The summed E-state index contributed by atoms with van der Waals surface area (Å²) < 4.78 is 25.9. The molecule has 82 valence electrons. The first-order chi connectivity index (χ1) is 6.15. The van der Waals surface area contributed by atoms with Crippen LogP contribution in [0.25, 0.3) is 0 Å². The maximum Gasteiger partial charge on any atom is 0.327 e. The van der Waals surface area contributed by atoms with E-state index in [1.807, 2.05) is 0 Å². The summed E-state index contributed by atoms with van der Waals surface area (Å²) in [4.78, 5) is 10.3. The van der Waals surface area contributed by atoms with Crippen molar-refractivity contribution in [2.24, 2.45) is 5.73 Å². The van der Waals surface area contributed by atoms with Crippen molar-refractivity contribution in [2.75, 3.05) is 6.26 Å². The van der Waals surface area contributed by atoms with Crippen molar-refractivity contribution in [2.45, 2.75) is 18.4 Å². The number of carboxylic acids is 1. The van der Waals surface area contributed by atoms with Gasteiger partial charge in [0.05, 0.1) is 6.26 Å². The number of allylic oxidation sites excluding steroid dienone is 1. The van der Waals surface area contributed by atoms with Crippen LogP contribution in [0.15, 0.2) is 12.2 Å². The van der Waals surface area contributed by atoms with Crippen LogP contribution >= 0.6 is 0 Å². The largest absolute Gasteiger partial charge is 0.480 e. The molecule has 1 rings (SSSR count). The lowest BCUT2D eigenvalue weighted by Gasteiger charge is -2.13. The third-order valence-electron chi connectivity index (χ3n) is 1.54. The molecule has 0 unspecified atom stereocenters. The van der Waals surface area contributed by atoms with Gasteiger partial charge in [0, 0.05) is 0 Å². The van der Waals surface area contributed by atoms with Gasteiger partial charge in [0.15, 0.2) is 0 Å². The first-order valence-electron chi connectivity index (χ1n) is 3.77. The Balaban J connectivity index is 0.000000292. The van der Waals surface area contributed by atoms with E-state index in [2.05, 4.69) is 0 Å². The molecule has 1 aliphatic carbocycles. The number of aliphatic carboxylic acids is 1. The molecular formula is C7H13NO5S. The molecule has 1 aliphatic rings. The van der Waals surface area contributed by atoms with Crippen LogP contribution in [0.1, 0.15) is 12.8 Å². The van der Waals surface area contributed by atoms with Crippen molar-refractivity contribution in [3.05, 3.63) is 12.2 Å². The summed E-state index contributed by atoms with van der Waals surface area (Å²) in [7, 11) is -3.67. The highest BCUT2D eigenvalue weighted by Crippen LogP contribution is 2.19. The molecule has 0 aromatic rings. The molecule has 4 N–H and O–H groups in total. The van der Waals surface area contributed by atoms with Crippen molar-refractivity contribution in [3.63, 3.8) is 0 Å². The third kappa shape index (κ3) is 5.68. The number of nitrogens with two attached hydrogens (primary N) is 1. The monoisotopic (exact) mass is 223 g/mol. The van der Waals surface area contributed by atoms with Gasteiger partial charge in [-0.3, -0.25) is 4.55 Å². The lowest BCUT2D eigenvalue weighted by Crippen LogP contribution is -2.43. The summed E-state index contributed by atoms with van der Waals surface area (Å²) in [6.07, 6.45) is 5.38. The molecule has 0 saturated carbocycles. The second-order valence-electron chi connectivity index (χ2n) is 3.02. The van der Waals surface area contributed by atoms with E-state index in [0.717, 1.165) is 6.42 Å². The Bertz CT molecular complexity index is 326. The van der Waals surface area contributed by atoms with Gasteiger partial charge in [-0.25, -0.2) is 4.79 Å². The van der Waals surface area contributed by atoms with E-state index in [1.54, 1.807) is 12.2 Å². The standard InChI is InChI=1S/C6H9NO2.CH4O3S/c7-6(5(8)9)3-1-2-4-6;1-5(2,3)4/h1,3H,2,4,7H2,(H,8,9);1H3,(H,2,3,4)/t6-;/m1./s1. The fourth-order valence-corrected chi connectivity index (χ4v) is 0.877. The van der Waals surface area contributed by atoms with E-state index in [4.69, 9.17) is 15.4 Å². The van der Waals surface area contributed by atoms with Crippen molar-refractivity contribution >= 4 is 16.1 Å². The van der Waals surface area contributed by atoms with Crippen molar-refractivity contribution in [3.8, 4) is 0 Å². The number of carboxylic acid groups (broad SMARTS) is 1. The highest BCUT2D eigenvalue weighted by molar-refractivity contribution is 7.85. The van der Waals surface area contributed by atoms with Gasteiger partial charge in [-0.1, -0.05) is 12.2 Å². The Morgan fingerprint density at radius 3 is 2.14 bits per heavy atom. The van der Waals surface area contributed by atoms with Crippen LogP contribution in [0, 0.1) is 0 Å². The Hall–Kier alpha value is -0.920. The van der Waals surface area contributed by atoms with Crippen molar-refractivity contribution < 1.29 is 22.9 Å². The lowest BCUT2D eigenvalue weighted by atomic mass is 10.0. The molecule has 0 bridgehead atoms. The second-order valence-corrected chi connectivity index (χ2v) is 4.49. The molecule has 0 saturated heterocycles. The normalized spacial score (nSPS) is 25.4. The van der Waals surface area contributed by atoms with Crippen LogP contribution in [0.3, 0.4) is 0 Å². The van der Waals surface area contributed by atoms with E-state index in [-0.39, 0.29) is 0 Å². The maximum atomic E-state index is 10.3. The fraction of sp³-hybridized carbons (Fsp3) is 0.571. The predicted octanol–water partition coefficient (Wildman–Crippen LogP) is -0.377. The summed E-state index contributed by atoms with van der Waals surface area (Å²) in [6, 6.07) is 0. The molecule has 0 amide bonds. The van der Waals surface area contributed by atoms with Crippen LogP contribution in [0.5, 0.6) is 0 Å². The fourth-order valence-electron chi connectivity index (χ4n) is 0.877. The molecule has 0 spiro atoms. The quantitative estimate of drug-likeness (QED) is 0.412. The number of hydrogen-bond donors (Lipinski definition) is 3. The lowest BCUT2D eigenvalue weighted by molar-refractivity contribution is -0.141. The Labute approximate surface area is 82.2 Å². The zero-order valence-electron chi connectivity index (χ0n) is 7.67. The number of carbonyl (C=O) groups is 1. The first-order valence-corrected chi connectivity index (χ1v) is 5.62. The SMILES string of the molecule is CS(=O)(=O)O.N[C@]1(C(=O)O)C=CCC1. The molecule has 6 nitrogen and oxygen atoms in total. The van der Waals surface area contributed by atoms with Gasteiger partial charge >= 0.3 is 5.97 Å². The van der Waals surface area contributed by atoms with Gasteiger partial charge in [0.25, 0.3) is 10.1 Å². The molecule has 0 aromatic heterocycles. The average Bonchev–Trinajstić information content (AvgIpc) is 2.33. The summed E-state index contributed by atoms with van der Waals surface area (Å²) in [5, 5.41) is 8.50. The smallest absolute Gasteiger partial charge is 0.327 e. The van der Waals surface area contributed by atoms with Gasteiger partial charge in [-0.2, -0.15) is 8.42 Å². The summed E-state index contributed by atoms with van der Waals surface area (Å²) in [5.41, 5.74) is 4.35. The second kappa shape index (κ2) is 4.54. The van der Waals surface area contributed by atoms with Gasteiger partial charge in [0.1, 0.15) is 5.54 Å². The van der Waals surface area contributed by atoms with E-state index in [9.17, 15) is 13.2 Å². The zero-order valence-corrected chi connectivity index (χ0v) is 8.49. The van der Waals surface area contributed by atoms with Crippen LogP contribution in [0.2, 0.25) is 0 Å². The first kappa shape index (κ1) is 13.1. The minimum absolute atomic E-state index is 0.530. The van der Waals surface area contributed by atoms with E-state index >= 15 is 0 Å². The third-order valence-corrected chi connectivity index (χ3v) is 1.54. The van der Waals surface area contributed by atoms with E-state index < -0.39 is 21.6 Å². The van der Waals surface area contributed by atoms with Crippen LogP contribution in [0.4, 0.5) is 0 Å². The molecule has 0 fully saturated rings. The highest BCUT2D eigenvalue weighted by atomic mass is 32.2. The summed E-state index contributed by atoms with van der Waals surface area (Å²) in [5.74, 6) is -0.934. The van der Waals surface area contributed by atoms with Crippen LogP contribution < -0.4 is 5.73 Å². The minimum atomic E-state index is -3.67. The summed E-state index contributed by atoms with van der Waals surface area (Å²) in [6.45, 7) is 0. The van der Waals surface area contributed by atoms with Crippen LogP contribution in [-0.4, -0.2) is 35.8 Å². The molecular weight excluding hydrogens is 210 g/mol. The van der Waals surface area contributed by atoms with Gasteiger partial charge in [-0.05, 0) is 12.8 Å². The molecule has 0 aliphatic heterocycles. The van der Waals surface area contributed by atoms with E-state index in [1.165, 1.54) is 0 Å². The minimum Gasteiger partial charge on any atom is -0.480 e. The van der Waals surface area contributed by atoms with Crippen molar-refractivity contribution in [1.82, 2.24) is 0 Å². The zero-order chi connectivity index (χ0) is 11.4. The van der Waals surface area contributed by atoms with Gasteiger partial charge in [0.2, 0.25) is 0 Å². The molecule has 14 heavy (non-hydrogen) atoms.